The highest BCUT2D eigenvalue weighted by molar-refractivity contribution is 8.00. The van der Waals surface area contributed by atoms with Crippen molar-refractivity contribution in [1.29, 1.82) is 0 Å². The van der Waals surface area contributed by atoms with Crippen LogP contribution in [-0.4, -0.2) is 20.7 Å². The first kappa shape index (κ1) is 18.4. The summed E-state index contributed by atoms with van der Waals surface area (Å²) in [6.45, 7) is 4.43. The number of hydrogen-bond acceptors (Lipinski definition) is 5. The van der Waals surface area contributed by atoms with Crippen molar-refractivity contribution in [2.75, 3.05) is 10.5 Å². The van der Waals surface area contributed by atoms with Gasteiger partial charge >= 0.3 is 0 Å². The molecular weight excluding hydrogens is 364 g/mol. The van der Waals surface area contributed by atoms with Crippen LogP contribution in [0, 0.1) is 5.92 Å². The Labute approximate surface area is 169 Å². The predicted octanol–water partition coefficient (Wildman–Crippen LogP) is 6.07. The molecule has 0 saturated carbocycles. The van der Waals surface area contributed by atoms with Crippen LogP contribution in [0.2, 0.25) is 0 Å². The van der Waals surface area contributed by atoms with Crippen LogP contribution in [-0.2, 0) is 0 Å². The quantitative estimate of drug-likeness (QED) is 0.407. The summed E-state index contributed by atoms with van der Waals surface area (Å²) in [6, 6.07) is 14.6. The summed E-state index contributed by atoms with van der Waals surface area (Å²) >= 11 is 1.71. The van der Waals surface area contributed by atoms with Crippen LogP contribution in [0.3, 0.4) is 0 Å². The average molecular weight is 387 g/mol. The Hall–Kier alpha value is -2.92. The van der Waals surface area contributed by atoms with E-state index in [-0.39, 0.29) is 0 Å². The van der Waals surface area contributed by atoms with Crippen molar-refractivity contribution < 1.29 is 0 Å². The molecule has 4 rings (SSSR count). The third-order valence-corrected chi connectivity index (χ3v) is 5.62. The van der Waals surface area contributed by atoms with Gasteiger partial charge in [-0.15, -0.1) is 0 Å². The minimum atomic E-state index is 0.647. The summed E-state index contributed by atoms with van der Waals surface area (Å²) in [6.07, 6.45) is 9.26. The molecule has 5 heteroatoms. The van der Waals surface area contributed by atoms with Gasteiger partial charge in [-0.25, -0.2) is 0 Å². The molecule has 0 aliphatic heterocycles. The molecule has 1 aromatic carbocycles. The van der Waals surface area contributed by atoms with E-state index in [0.29, 0.717) is 5.92 Å². The van der Waals surface area contributed by atoms with E-state index in [2.05, 4.69) is 63.9 Å². The molecule has 1 N–H and O–H groups in total. The Morgan fingerprint density at radius 3 is 2.54 bits per heavy atom. The zero-order valence-corrected chi connectivity index (χ0v) is 16.8. The second-order valence-corrected chi connectivity index (χ2v) is 7.92. The molecule has 0 saturated heterocycles. The maximum Gasteiger partial charge on any atom is 0.0708 e. The molecule has 140 valence electrons. The molecule has 3 heterocycles. The predicted molar refractivity (Wildman–Crippen MR) is 119 cm³/mol. The average Bonchev–Trinajstić information content (AvgIpc) is 2.73. The van der Waals surface area contributed by atoms with Gasteiger partial charge in [0.05, 0.1) is 17.4 Å². The molecule has 0 aliphatic rings. The maximum absolute atomic E-state index is 4.53. The molecule has 4 aromatic rings. The van der Waals surface area contributed by atoms with E-state index in [4.69, 9.17) is 0 Å². The van der Waals surface area contributed by atoms with E-state index < -0.39 is 0 Å². The number of hydrogen-bond donors (Lipinski definition) is 1. The van der Waals surface area contributed by atoms with Gasteiger partial charge in [0.2, 0.25) is 0 Å². The third-order valence-electron chi connectivity index (χ3n) is 4.41. The van der Waals surface area contributed by atoms with Gasteiger partial charge in [-0.2, -0.15) is 0 Å². The highest BCUT2D eigenvalue weighted by Crippen LogP contribution is 2.31. The van der Waals surface area contributed by atoms with E-state index in [0.717, 1.165) is 44.6 Å². The van der Waals surface area contributed by atoms with Gasteiger partial charge in [-0.1, -0.05) is 31.9 Å². The van der Waals surface area contributed by atoms with Gasteiger partial charge in [-0.3, -0.25) is 15.0 Å². The molecule has 0 atom stereocenters. The smallest absolute Gasteiger partial charge is 0.0708 e. The van der Waals surface area contributed by atoms with Crippen LogP contribution in [0.5, 0.6) is 0 Å². The Bertz CT molecular complexity index is 1080. The first-order valence-electron chi connectivity index (χ1n) is 9.33. The van der Waals surface area contributed by atoms with Crippen molar-refractivity contribution >= 4 is 28.5 Å². The number of rotatable bonds is 6. The van der Waals surface area contributed by atoms with Crippen LogP contribution in [0.1, 0.15) is 13.8 Å². The Kier molecular flexibility index (Phi) is 5.53. The lowest BCUT2D eigenvalue weighted by molar-refractivity contribution is 0.751. The molecule has 0 unspecified atom stereocenters. The molecule has 0 radical (unpaired) electrons. The fourth-order valence-electron chi connectivity index (χ4n) is 3.05. The van der Waals surface area contributed by atoms with Crippen LogP contribution >= 0.6 is 11.9 Å². The number of benzene rings is 1. The second kappa shape index (κ2) is 8.40. The number of aromatic nitrogens is 3. The summed E-state index contributed by atoms with van der Waals surface area (Å²) in [7, 11) is 0. The topological polar surface area (TPSA) is 50.7 Å². The lowest BCUT2D eigenvalue weighted by atomic mass is 9.98. The standard InChI is InChI=1S/C23H22N4S/c1-16(2)15-28-27-20-11-19(13-25-14-20)18-3-4-23-22(12-18)21(7-10-26-23)17-5-8-24-9-6-17/h3-14,16,27H,15H2,1-2H3. The van der Waals surface area contributed by atoms with Crippen LogP contribution in [0.15, 0.2) is 73.4 Å². The lowest BCUT2D eigenvalue weighted by Crippen LogP contribution is -1.96. The number of anilines is 1. The van der Waals surface area contributed by atoms with Crippen molar-refractivity contribution in [2.24, 2.45) is 5.92 Å². The number of nitrogens with one attached hydrogen (secondary N) is 1. The minimum absolute atomic E-state index is 0.647. The van der Waals surface area contributed by atoms with Crippen molar-refractivity contribution in [3.63, 3.8) is 0 Å². The number of pyridine rings is 3. The van der Waals surface area contributed by atoms with Gasteiger partial charge in [0.15, 0.2) is 0 Å². The van der Waals surface area contributed by atoms with Crippen molar-refractivity contribution in [3.05, 3.63) is 73.4 Å². The maximum atomic E-state index is 4.53. The molecule has 0 bridgehead atoms. The van der Waals surface area contributed by atoms with Crippen LogP contribution < -0.4 is 4.72 Å². The van der Waals surface area contributed by atoms with Gasteiger partial charge in [0, 0.05) is 41.5 Å². The van der Waals surface area contributed by atoms with E-state index in [1.165, 1.54) is 0 Å². The van der Waals surface area contributed by atoms with E-state index in [1.54, 1.807) is 11.9 Å². The molecule has 0 aliphatic carbocycles. The highest BCUT2D eigenvalue weighted by Gasteiger charge is 2.08. The first-order valence-corrected chi connectivity index (χ1v) is 10.3. The van der Waals surface area contributed by atoms with E-state index in [1.807, 2.05) is 43.1 Å². The van der Waals surface area contributed by atoms with Crippen molar-refractivity contribution in [1.82, 2.24) is 15.0 Å². The SMILES string of the molecule is CC(C)CSNc1cncc(-c2ccc3nccc(-c4ccncc4)c3c2)c1. The summed E-state index contributed by atoms with van der Waals surface area (Å²) in [5, 5.41) is 1.12. The van der Waals surface area contributed by atoms with E-state index in [9.17, 15) is 0 Å². The van der Waals surface area contributed by atoms with Crippen LogP contribution in [0.25, 0.3) is 33.2 Å². The largest absolute Gasteiger partial charge is 0.328 e. The molecule has 0 amide bonds. The zero-order valence-electron chi connectivity index (χ0n) is 16.0. The summed E-state index contributed by atoms with van der Waals surface area (Å²) in [5.74, 6) is 1.70. The fourth-order valence-corrected chi connectivity index (χ4v) is 3.75. The minimum Gasteiger partial charge on any atom is -0.328 e. The Morgan fingerprint density at radius 1 is 0.857 bits per heavy atom. The van der Waals surface area contributed by atoms with Gasteiger partial charge in [-0.05, 0) is 59.0 Å². The fraction of sp³-hybridized carbons (Fsp3) is 0.174. The number of fused-ring (bicyclic) bond motifs is 1. The molecule has 3 aromatic heterocycles. The van der Waals surface area contributed by atoms with E-state index >= 15 is 0 Å². The molecular formula is C23H22N4S. The second-order valence-electron chi connectivity index (χ2n) is 7.10. The summed E-state index contributed by atoms with van der Waals surface area (Å²) in [5.41, 5.74) is 6.50. The molecule has 4 nitrogen and oxygen atoms in total. The monoisotopic (exact) mass is 386 g/mol. The Morgan fingerprint density at radius 2 is 1.71 bits per heavy atom. The Balaban J connectivity index is 1.70. The van der Waals surface area contributed by atoms with Gasteiger partial charge < -0.3 is 4.72 Å². The summed E-state index contributed by atoms with van der Waals surface area (Å²) < 4.78 is 3.40. The molecule has 0 fully saturated rings. The zero-order chi connectivity index (χ0) is 19.3. The normalized spacial score (nSPS) is 11.1. The molecule has 28 heavy (non-hydrogen) atoms. The summed E-state index contributed by atoms with van der Waals surface area (Å²) in [4.78, 5) is 13.1. The highest BCUT2D eigenvalue weighted by atomic mass is 32.2. The molecule has 0 spiro atoms. The lowest BCUT2D eigenvalue weighted by Gasteiger charge is -2.10. The first-order chi connectivity index (χ1) is 13.7. The third kappa shape index (κ3) is 4.15. The van der Waals surface area contributed by atoms with Gasteiger partial charge in [0.25, 0.3) is 0 Å². The van der Waals surface area contributed by atoms with Crippen molar-refractivity contribution in [2.45, 2.75) is 13.8 Å². The van der Waals surface area contributed by atoms with Crippen LogP contribution in [0.4, 0.5) is 5.69 Å². The number of nitrogens with zero attached hydrogens (tertiary/aromatic N) is 3. The van der Waals surface area contributed by atoms with Crippen molar-refractivity contribution in [3.8, 4) is 22.3 Å². The van der Waals surface area contributed by atoms with Gasteiger partial charge in [0.1, 0.15) is 0 Å².